The number of amides is 1. The van der Waals surface area contributed by atoms with Crippen molar-refractivity contribution >= 4 is 29.6 Å². The molecule has 1 amide bonds. The predicted molar refractivity (Wildman–Crippen MR) is 169 cm³/mol. The van der Waals surface area contributed by atoms with E-state index in [0.717, 1.165) is 49.8 Å². The van der Waals surface area contributed by atoms with Gasteiger partial charge in [-0.25, -0.2) is 14.4 Å². The van der Waals surface area contributed by atoms with Crippen molar-refractivity contribution in [3.8, 4) is 17.1 Å². The predicted octanol–water partition coefficient (Wildman–Crippen LogP) is 5.99. The van der Waals surface area contributed by atoms with Gasteiger partial charge in [-0.3, -0.25) is 0 Å². The smallest absolute Gasteiger partial charge is 0.421 e. The van der Waals surface area contributed by atoms with E-state index >= 15 is 0 Å². The quantitative estimate of drug-likeness (QED) is 0.237. The van der Waals surface area contributed by atoms with E-state index in [0.29, 0.717) is 49.2 Å². The highest BCUT2D eigenvalue weighted by atomic mass is 16.6. The second-order valence-electron chi connectivity index (χ2n) is 11.9. The molecule has 0 bridgehead atoms. The molecule has 2 aliphatic heterocycles. The molecule has 5 rings (SSSR count). The van der Waals surface area contributed by atoms with Gasteiger partial charge in [-0.05, 0) is 102 Å². The first-order valence-corrected chi connectivity index (χ1v) is 15.3. The SMILES string of the molecule is CC(C)(C)OC(=O)N(c1ccc(NC2CCCCO2)c(C=N)c1)c1nc(-c2ccc(OCCN)cc2)n(C2CCCCO2)n1. The lowest BCUT2D eigenvalue weighted by Crippen LogP contribution is -2.34. The summed E-state index contributed by atoms with van der Waals surface area (Å²) in [7, 11) is 0. The average molecular weight is 606 g/mol. The van der Waals surface area contributed by atoms with Gasteiger partial charge in [0.15, 0.2) is 12.1 Å². The lowest BCUT2D eigenvalue weighted by Gasteiger charge is -2.27. The Morgan fingerprint density at radius 2 is 1.86 bits per heavy atom. The largest absolute Gasteiger partial charge is 0.492 e. The minimum absolute atomic E-state index is 0.127. The highest BCUT2D eigenvalue weighted by molar-refractivity contribution is 5.97. The number of nitrogens with zero attached hydrogens (tertiary/aromatic N) is 4. The number of rotatable bonds is 10. The average Bonchev–Trinajstić information content (AvgIpc) is 3.46. The van der Waals surface area contributed by atoms with Gasteiger partial charge in [0.25, 0.3) is 5.95 Å². The molecule has 2 unspecified atom stereocenters. The molecule has 2 atom stereocenters. The van der Waals surface area contributed by atoms with Crippen molar-refractivity contribution in [3.63, 3.8) is 0 Å². The Bertz CT molecular complexity index is 1410. The van der Waals surface area contributed by atoms with Gasteiger partial charge in [0.05, 0.1) is 5.69 Å². The summed E-state index contributed by atoms with van der Waals surface area (Å²) in [4.78, 5) is 20.0. The van der Waals surface area contributed by atoms with Crippen molar-refractivity contribution in [2.45, 2.75) is 77.4 Å². The van der Waals surface area contributed by atoms with Crippen LogP contribution in [0.3, 0.4) is 0 Å². The fourth-order valence-electron chi connectivity index (χ4n) is 5.18. The van der Waals surface area contributed by atoms with Gasteiger partial charge >= 0.3 is 6.09 Å². The van der Waals surface area contributed by atoms with Crippen LogP contribution in [-0.4, -0.2) is 65.3 Å². The second-order valence-corrected chi connectivity index (χ2v) is 11.9. The van der Waals surface area contributed by atoms with Gasteiger partial charge in [-0.15, -0.1) is 5.10 Å². The third kappa shape index (κ3) is 7.74. The Kier molecular flexibility index (Phi) is 10.1. The summed E-state index contributed by atoms with van der Waals surface area (Å²) in [6, 6.07) is 12.9. The van der Waals surface area contributed by atoms with Crippen molar-refractivity contribution in [2.24, 2.45) is 5.73 Å². The van der Waals surface area contributed by atoms with Crippen LogP contribution in [0.4, 0.5) is 22.1 Å². The van der Waals surface area contributed by atoms with E-state index in [4.69, 9.17) is 40.2 Å². The zero-order valence-electron chi connectivity index (χ0n) is 25.8. The third-order valence-corrected chi connectivity index (χ3v) is 7.27. The summed E-state index contributed by atoms with van der Waals surface area (Å²) in [5.41, 5.74) is 7.40. The molecule has 236 valence electrons. The number of aromatic nitrogens is 3. The maximum atomic E-state index is 13.8. The molecule has 2 saturated heterocycles. The Labute approximate surface area is 258 Å². The second kappa shape index (κ2) is 14.2. The molecule has 0 saturated carbocycles. The van der Waals surface area contributed by atoms with Gasteiger partial charge in [0.2, 0.25) is 0 Å². The van der Waals surface area contributed by atoms with Gasteiger partial charge in [0, 0.05) is 42.8 Å². The third-order valence-electron chi connectivity index (χ3n) is 7.27. The van der Waals surface area contributed by atoms with Crippen LogP contribution >= 0.6 is 0 Å². The van der Waals surface area contributed by atoms with Gasteiger partial charge < -0.3 is 35.4 Å². The molecule has 2 aliphatic rings. The van der Waals surface area contributed by atoms with E-state index in [9.17, 15) is 4.79 Å². The van der Waals surface area contributed by atoms with Crippen LogP contribution in [0.1, 0.15) is 71.1 Å². The fourth-order valence-corrected chi connectivity index (χ4v) is 5.18. The molecule has 12 nitrogen and oxygen atoms in total. The van der Waals surface area contributed by atoms with Crippen molar-refractivity contribution in [3.05, 3.63) is 48.0 Å². The molecule has 2 aromatic carbocycles. The Morgan fingerprint density at radius 1 is 1.11 bits per heavy atom. The number of benzene rings is 2. The molecular formula is C32H43N7O5. The normalized spacial score (nSPS) is 18.8. The highest BCUT2D eigenvalue weighted by Crippen LogP contribution is 2.34. The fraction of sp³-hybridized carbons (Fsp3) is 0.500. The Hall–Kier alpha value is -4.00. The topological polar surface area (TPSA) is 150 Å². The molecule has 0 radical (unpaired) electrons. The number of hydrogen-bond donors (Lipinski definition) is 3. The standard InChI is InChI=1S/C32H43N7O5/c1-32(2,3)44-31(40)38(24-12-15-26(23(20-24)21-34)35-27-8-4-6-17-42-27)30-36-29(39(37-30)28-9-5-7-18-43-28)22-10-13-25(14-11-22)41-19-16-33/h10-15,20-21,27-28,34-35H,4-9,16-19,33H2,1-3H3. The first kappa shape index (κ1) is 31.4. The van der Waals surface area contributed by atoms with Crippen LogP contribution in [0.2, 0.25) is 0 Å². The van der Waals surface area contributed by atoms with E-state index in [1.807, 2.05) is 51.1 Å². The molecule has 3 heterocycles. The van der Waals surface area contributed by atoms with E-state index < -0.39 is 11.7 Å². The van der Waals surface area contributed by atoms with Crippen molar-refractivity contribution in [1.82, 2.24) is 14.8 Å². The minimum Gasteiger partial charge on any atom is -0.492 e. The van der Waals surface area contributed by atoms with E-state index in [2.05, 4.69) is 5.32 Å². The number of ether oxygens (including phenoxy) is 4. The number of hydrogen-bond acceptors (Lipinski definition) is 10. The molecule has 0 spiro atoms. The molecule has 2 fully saturated rings. The van der Waals surface area contributed by atoms with Crippen molar-refractivity contribution in [2.75, 3.05) is 36.6 Å². The Balaban J connectivity index is 1.55. The van der Waals surface area contributed by atoms with Crippen LogP contribution in [0.5, 0.6) is 5.75 Å². The molecule has 12 heteroatoms. The lowest BCUT2D eigenvalue weighted by atomic mass is 10.1. The highest BCUT2D eigenvalue weighted by Gasteiger charge is 2.32. The molecule has 44 heavy (non-hydrogen) atoms. The van der Waals surface area contributed by atoms with Crippen LogP contribution < -0.4 is 20.7 Å². The number of nitrogens with two attached hydrogens (primary N) is 1. The molecule has 3 aromatic rings. The first-order chi connectivity index (χ1) is 21.3. The van der Waals surface area contributed by atoms with E-state index in [1.54, 1.807) is 16.8 Å². The zero-order valence-corrected chi connectivity index (χ0v) is 25.8. The number of carbonyl (C=O) groups excluding carboxylic acids is 1. The molecule has 1 aromatic heterocycles. The summed E-state index contributed by atoms with van der Waals surface area (Å²) < 4.78 is 25.2. The van der Waals surface area contributed by atoms with E-state index in [1.165, 1.54) is 11.1 Å². The molecule has 0 aliphatic carbocycles. The van der Waals surface area contributed by atoms with Crippen LogP contribution in [0, 0.1) is 5.41 Å². The number of nitrogens with one attached hydrogen (secondary N) is 2. The Morgan fingerprint density at radius 3 is 2.50 bits per heavy atom. The van der Waals surface area contributed by atoms with Crippen LogP contribution in [0.15, 0.2) is 42.5 Å². The summed E-state index contributed by atoms with van der Waals surface area (Å²) >= 11 is 0. The summed E-state index contributed by atoms with van der Waals surface area (Å²) in [6.45, 7) is 7.58. The van der Waals surface area contributed by atoms with Crippen molar-refractivity contribution in [1.29, 1.82) is 5.41 Å². The maximum absolute atomic E-state index is 13.8. The maximum Gasteiger partial charge on any atom is 0.421 e. The summed E-state index contributed by atoms with van der Waals surface area (Å²) in [5, 5.41) is 16.4. The van der Waals surface area contributed by atoms with E-state index in [-0.39, 0.29) is 18.4 Å². The summed E-state index contributed by atoms with van der Waals surface area (Å²) in [6.07, 6.45) is 5.88. The number of carbonyl (C=O) groups is 1. The summed E-state index contributed by atoms with van der Waals surface area (Å²) in [5.74, 6) is 1.38. The monoisotopic (exact) mass is 605 g/mol. The molecular weight excluding hydrogens is 562 g/mol. The van der Waals surface area contributed by atoms with Crippen molar-refractivity contribution < 1.29 is 23.7 Å². The van der Waals surface area contributed by atoms with Gasteiger partial charge in [-0.2, -0.15) is 4.98 Å². The zero-order chi connectivity index (χ0) is 31.1. The minimum atomic E-state index is -0.767. The van der Waals surface area contributed by atoms with Crippen LogP contribution in [0.25, 0.3) is 11.4 Å². The number of anilines is 3. The van der Waals surface area contributed by atoms with Gasteiger partial charge in [0.1, 0.15) is 24.2 Å². The first-order valence-electron chi connectivity index (χ1n) is 15.3. The van der Waals surface area contributed by atoms with Crippen LogP contribution in [-0.2, 0) is 14.2 Å². The van der Waals surface area contributed by atoms with Gasteiger partial charge in [-0.1, -0.05) is 0 Å². The lowest BCUT2D eigenvalue weighted by molar-refractivity contribution is -0.0384. The molecule has 4 N–H and O–H groups in total.